The normalized spacial score (nSPS) is 12.3. The zero-order valence-electron chi connectivity index (χ0n) is 32.9. The Balaban J connectivity index is 1.07. The van der Waals surface area contributed by atoms with Crippen molar-refractivity contribution in [1.29, 1.82) is 0 Å². The average molecular weight is 754 g/mol. The van der Waals surface area contributed by atoms with Crippen LogP contribution in [0, 0.1) is 0 Å². The zero-order valence-corrected chi connectivity index (χ0v) is 32.9. The monoisotopic (exact) mass is 753 g/mol. The molecule has 0 bridgehead atoms. The van der Waals surface area contributed by atoms with Gasteiger partial charge in [-0.3, -0.25) is 0 Å². The van der Waals surface area contributed by atoms with Gasteiger partial charge in [0.15, 0.2) is 0 Å². The second kappa shape index (κ2) is 16.2. The van der Waals surface area contributed by atoms with Gasteiger partial charge < -0.3 is 4.90 Å². The first kappa shape index (κ1) is 35.9. The molecule has 0 saturated heterocycles. The molecule has 1 aliphatic rings. The van der Waals surface area contributed by atoms with E-state index in [1.807, 2.05) is 0 Å². The molecule has 1 heteroatoms. The van der Waals surface area contributed by atoms with Gasteiger partial charge in [0.2, 0.25) is 0 Å². The number of hydrogen-bond donors (Lipinski definition) is 0. The molecule has 10 rings (SSSR count). The lowest BCUT2D eigenvalue weighted by Gasteiger charge is -2.27. The number of fused-ring (bicyclic) bond motifs is 1. The molecule has 0 fully saturated rings. The highest BCUT2D eigenvalue weighted by Gasteiger charge is 2.18. The third kappa shape index (κ3) is 7.43. The van der Waals surface area contributed by atoms with Crippen LogP contribution >= 0.6 is 0 Å². The Labute approximate surface area is 347 Å². The van der Waals surface area contributed by atoms with Crippen LogP contribution in [0.15, 0.2) is 237 Å². The van der Waals surface area contributed by atoms with Crippen LogP contribution in [0.2, 0.25) is 0 Å². The summed E-state index contributed by atoms with van der Waals surface area (Å²) in [6.45, 7) is 0. The first-order chi connectivity index (χ1) is 29.2. The van der Waals surface area contributed by atoms with Crippen molar-refractivity contribution in [2.24, 2.45) is 0 Å². The zero-order chi connectivity index (χ0) is 39.4. The fourth-order valence-corrected chi connectivity index (χ4v) is 8.47. The largest absolute Gasteiger partial charge is 0.310 e. The molecule has 0 N–H and O–H groups in total. The van der Waals surface area contributed by atoms with Crippen molar-refractivity contribution in [2.75, 3.05) is 4.90 Å². The number of nitrogens with zero attached hydrogens (tertiary/aromatic N) is 1. The molecule has 59 heavy (non-hydrogen) atoms. The van der Waals surface area contributed by atoms with Gasteiger partial charge in [0, 0.05) is 17.1 Å². The second-order valence-corrected chi connectivity index (χ2v) is 15.2. The minimum Gasteiger partial charge on any atom is -0.310 e. The molecule has 1 aliphatic carbocycles. The van der Waals surface area contributed by atoms with Crippen molar-refractivity contribution in [3.8, 4) is 55.6 Å². The maximum absolute atomic E-state index is 2.39. The van der Waals surface area contributed by atoms with E-state index >= 15 is 0 Å². The number of anilines is 3. The summed E-state index contributed by atoms with van der Waals surface area (Å²) in [6.07, 6.45) is 9.08. The van der Waals surface area contributed by atoms with Crippen LogP contribution in [0.1, 0.15) is 18.4 Å². The summed E-state index contributed by atoms with van der Waals surface area (Å²) in [7, 11) is 0. The summed E-state index contributed by atoms with van der Waals surface area (Å²) in [5.41, 5.74) is 17.9. The number of benzene rings is 9. The van der Waals surface area contributed by atoms with Gasteiger partial charge in [-0.1, -0.05) is 188 Å². The Morgan fingerprint density at radius 1 is 0.305 bits per heavy atom. The quantitative estimate of drug-likeness (QED) is 0.142. The smallest absolute Gasteiger partial charge is 0.0468 e. The van der Waals surface area contributed by atoms with Crippen LogP contribution in [0.4, 0.5) is 17.1 Å². The van der Waals surface area contributed by atoms with E-state index in [1.54, 1.807) is 0 Å². The Bertz CT molecular complexity index is 2920. The van der Waals surface area contributed by atoms with Crippen molar-refractivity contribution < 1.29 is 0 Å². The Hall–Kier alpha value is -7.48. The minimum absolute atomic E-state index is 1.09. The van der Waals surface area contributed by atoms with Crippen LogP contribution in [0.25, 0.3) is 72.0 Å². The molecule has 0 saturated carbocycles. The molecular formula is C58H43N. The van der Waals surface area contributed by atoms with Crippen LogP contribution in [-0.2, 0) is 0 Å². The van der Waals surface area contributed by atoms with Crippen molar-refractivity contribution >= 4 is 33.4 Å². The predicted octanol–water partition coefficient (Wildman–Crippen LogP) is 16.4. The Morgan fingerprint density at radius 3 is 1.42 bits per heavy atom. The molecule has 0 heterocycles. The summed E-state index contributed by atoms with van der Waals surface area (Å²) >= 11 is 0. The number of rotatable bonds is 9. The maximum Gasteiger partial charge on any atom is 0.0468 e. The van der Waals surface area contributed by atoms with Gasteiger partial charge in [0.1, 0.15) is 0 Å². The highest BCUT2D eigenvalue weighted by atomic mass is 15.1. The summed E-state index contributed by atoms with van der Waals surface area (Å²) in [5.74, 6) is 0. The van der Waals surface area contributed by atoms with Crippen LogP contribution in [-0.4, -0.2) is 0 Å². The van der Waals surface area contributed by atoms with E-state index in [4.69, 9.17) is 0 Å². The van der Waals surface area contributed by atoms with Crippen LogP contribution in [0.5, 0.6) is 0 Å². The lowest BCUT2D eigenvalue weighted by atomic mass is 9.92. The second-order valence-electron chi connectivity index (χ2n) is 15.2. The summed E-state index contributed by atoms with van der Waals surface area (Å²) in [4.78, 5) is 2.39. The first-order valence-electron chi connectivity index (χ1n) is 20.6. The highest BCUT2D eigenvalue weighted by molar-refractivity contribution is 6.00. The molecule has 0 amide bonds. The molecule has 9 aromatic rings. The topological polar surface area (TPSA) is 3.24 Å². The van der Waals surface area contributed by atoms with Gasteiger partial charge in [-0.15, -0.1) is 0 Å². The standard InChI is InChI=1S/C58H43N/c1-5-15-42(16-6-1)44-25-27-45(28-26-44)46-29-33-52(34-30-46)59(54-37-38-56(47-19-9-3-10-20-47)58(41-54)48-21-11-4-12-22-48)53-35-31-49(32-36-53)57-40-51(43-17-7-2-8-18-43)39-50-23-13-14-24-55(50)57/h2-5,7-41H,1,6H2. The van der Waals surface area contributed by atoms with E-state index in [9.17, 15) is 0 Å². The molecule has 0 aliphatic heterocycles. The SMILES string of the molecule is C1=CC(c2ccc(-c3ccc(N(c4ccc(-c5cc(-c6ccccc6)cc6ccccc56)cc4)c4ccc(-c5ccccc5)c(-c5ccccc5)c4)cc3)cc2)=CCC1. The van der Waals surface area contributed by atoms with Gasteiger partial charge in [-0.05, 0) is 139 Å². The lowest BCUT2D eigenvalue weighted by Crippen LogP contribution is -2.10. The van der Waals surface area contributed by atoms with Gasteiger partial charge in [-0.2, -0.15) is 0 Å². The van der Waals surface area contributed by atoms with Gasteiger partial charge in [-0.25, -0.2) is 0 Å². The molecule has 280 valence electrons. The highest BCUT2D eigenvalue weighted by Crippen LogP contribution is 2.42. The number of hydrogen-bond acceptors (Lipinski definition) is 1. The summed E-state index contributed by atoms with van der Waals surface area (Å²) in [5, 5.41) is 2.48. The maximum atomic E-state index is 2.39. The molecule has 9 aromatic carbocycles. The van der Waals surface area contributed by atoms with Gasteiger partial charge in [0.05, 0.1) is 0 Å². The first-order valence-corrected chi connectivity index (χ1v) is 20.6. The number of allylic oxidation sites excluding steroid dienone is 4. The van der Waals surface area contributed by atoms with Crippen LogP contribution < -0.4 is 4.90 Å². The lowest BCUT2D eigenvalue weighted by molar-refractivity contribution is 1.04. The summed E-state index contributed by atoms with van der Waals surface area (Å²) < 4.78 is 0. The van der Waals surface area contributed by atoms with Crippen molar-refractivity contribution in [3.05, 3.63) is 242 Å². The molecule has 0 spiro atoms. The predicted molar refractivity (Wildman–Crippen MR) is 252 cm³/mol. The van der Waals surface area contributed by atoms with Crippen LogP contribution in [0.3, 0.4) is 0 Å². The third-order valence-corrected chi connectivity index (χ3v) is 11.5. The third-order valence-electron chi connectivity index (χ3n) is 11.5. The van der Waals surface area contributed by atoms with E-state index in [1.165, 1.54) is 77.5 Å². The van der Waals surface area contributed by atoms with E-state index < -0.39 is 0 Å². The fourth-order valence-electron chi connectivity index (χ4n) is 8.47. The molecule has 0 aromatic heterocycles. The van der Waals surface area contributed by atoms with Crippen molar-refractivity contribution in [1.82, 2.24) is 0 Å². The molecule has 0 unspecified atom stereocenters. The van der Waals surface area contributed by atoms with E-state index in [0.717, 1.165) is 29.9 Å². The fraction of sp³-hybridized carbons (Fsp3) is 0.0345. The van der Waals surface area contributed by atoms with Gasteiger partial charge >= 0.3 is 0 Å². The summed E-state index contributed by atoms with van der Waals surface area (Å²) in [6, 6.07) is 79.5. The van der Waals surface area contributed by atoms with Crippen molar-refractivity contribution in [2.45, 2.75) is 12.8 Å². The average Bonchev–Trinajstić information content (AvgIpc) is 3.33. The van der Waals surface area contributed by atoms with Gasteiger partial charge in [0.25, 0.3) is 0 Å². The molecule has 1 nitrogen and oxygen atoms in total. The molecular weight excluding hydrogens is 711 g/mol. The minimum atomic E-state index is 1.09. The van der Waals surface area contributed by atoms with Crippen molar-refractivity contribution in [3.63, 3.8) is 0 Å². The van der Waals surface area contributed by atoms with E-state index in [0.29, 0.717) is 0 Å². The molecule has 0 atom stereocenters. The van der Waals surface area contributed by atoms with E-state index in [2.05, 4.69) is 242 Å². The van der Waals surface area contributed by atoms with E-state index in [-0.39, 0.29) is 0 Å². The Morgan fingerprint density at radius 2 is 0.797 bits per heavy atom. The Kier molecular flexibility index (Phi) is 9.84. The molecule has 0 radical (unpaired) electrons.